The zero-order valence-corrected chi connectivity index (χ0v) is 12.4. The van der Waals surface area contributed by atoms with Crippen LogP contribution < -0.4 is 0 Å². The number of rotatable bonds is 0. The molecule has 2 aliphatic rings. The average Bonchev–Trinajstić information content (AvgIpc) is 2.40. The molecule has 0 radical (unpaired) electrons. The standard InChI is InChI=1S/C17H30O2/c18-17-15-13-11-9-7-5-3-1-2-4-6-8-10-12-14-16(15)19-17/h15-16H,1-14H2. The predicted molar refractivity (Wildman–Crippen MR) is 78.0 cm³/mol. The SMILES string of the molecule is O=C1OC2CCCCCCCCCCCCCCC12. The highest BCUT2D eigenvalue weighted by molar-refractivity contribution is 5.78. The molecule has 0 aromatic carbocycles. The maximum Gasteiger partial charge on any atom is 0.313 e. The Morgan fingerprint density at radius 1 is 0.632 bits per heavy atom. The molecule has 0 amide bonds. The van der Waals surface area contributed by atoms with Crippen molar-refractivity contribution in [3.05, 3.63) is 0 Å². The summed E-state index contributed by atoms with van der Waals surface area (Å²) in [6.07, 6.45) is 18.7. The van der Waals surface area contributed by atoms with Crippen LogP contribution in [0.5, 0.6) is 0 Å². The van der Waals surface area contributed by atoms with E-state index < -0.39 is 0 Å². The molecular weight excluding hydrogens is 236 g/mol. The summed E-state index contributed by atoms with van der Waals surface area (Å²) in [5, 5.41) is 0. The fourth-order valence-electron chi connectivity index (χ4n) is 3.44. The van der Waals surface area contributed by atoms with E-state index in [1.807, 2.05) is 0 Å². The van der Waals surface area contributed by atoms with Gasteiger partial charge < -0.3 is 4.74 Å². The van der Waals surface area contributed by atoms with Crippen molar-refractivity contribution in [3.63, 3.8) is 0 Å². The Labute approximate surface area is 118 Å². The molecule has 19 heavy (non-hydrogen) atoms. The van der Waals surface area contributed by atoms with Gasteiger partial charge in [0.05, 0.1) is 5.92 Å². The number of hydrogen-bond acceptors (Lipinski definition) is 2. The van der Waals surface area contributed by atoms with E-state index in [9.17, 15) is 4.79 Å². The highest BCUT2D eigenvalue weighted by Crippen LogP contribution is 2.31. The Morgan fingerprint density at radius 2 is 1.05 bits per heavy atom. The van der Waals surface area contributed by atoms with Gasteiger partial charge in [-0.15, -0.1) is 0 Å². The van der Waals surface area contributed by atoms with E-state index in [2.05, 4.69) is 0 Å². The number of fused-ring (bicyclic) bond motifs is 1. The predicted octanol–water partition coefficient (Wildman–Crippen LogP) is 5.00. The molecule has 0 aromatic rings. The Hall–Kier alpha value is -0.530. The smallest absolute Gasteiger partial charge is 0.313 e. The van der Waals surface area contributed by atoms with Crippen LogP contribution in [0, 0.1) is 5.92 Å². The summed E-state index contributed by atoms with van der Waals surface area (Å²) in [6, 6.07) is 0. The minimum atomic E-state index is 0.0751. The molecule has 2 nitrogen and oxygen atoms in total. The minimum absolute atomic E-state index is 0.0751. The van der Waals surface area contributed by atoms with Gasteiger partial charge in [-0.3, -0.25) is 4.79 Å². The Balaban J connectivity index is 1.69. The number of carbonyl (C=O) groups is 1. The van der Waals surface area contributed by atoms with Crippen LogP contribution in [0.15, 0.2) is 0 Å². The van der Waals surface area contributed by atoms with Gasteiger partial charge in [0.15, 0.2) is 0 Å². The quantitative estimate of drug-likeness (QED) is 0.576. The normalized spacial score (nSPS) is 31.9. The molecule has 0 aromatic heterocycles. The Kier molecular flexibility index (Phi) is 6.73. The summed E-state index contributed by atoms with van der Waals surface area (Å²) >= 11 is 0. The highest BCUT2D eigenvalue weighted by Gasteiger charge is 2.40. The van der Waals surface area contributed by atoms with E-state index in [1.165, 1.54) is 77.0 Å². The van der Waals surface area contributed by atoms with E-state index in [1.54, 1.807) is 0 Å². The third kappa shape index (κ3) is 5.16. The maximum absolute atomic E-state index is 11.5. The van der Waals surface area contributed by atoms with Crippen LogP contribution in [0.3, 0.4) is 0 Å². The lowest BCUT2D eigenvalue weighted by Gasteiger charge is -2.35. The molecule has 0 bridgehead atoms. The first-order valence-electron chi connectivity index (χ1n) is 8.58. The third-order valence-electron chi connectivity index (χ3n) is 4.77. The topological polar surface area (TPSA) is 26.3 Å². The van der Waals surface area contributed by atoms with Crippen molar-refractivity contribution in [2.45, 2.75) is 96.0 Å². The maximum atomic E-state index is 11.5. The zero-order chi connectivity index (χ0) is 13.3. The van der Waals surface area contributed by atoms with Crippen molar-refractivity contribution < 1.29 is 9.53 Å². The van der Waals surface area contributed by atoms with Crippen LogP contribution >= 0.6 is 0 Å². The second-order valence-electron chi connectivity index (χ2n) is 6.40. The molecule has 2 atom stereocenters. The lowest BCUT2D eigenvalue weighted by atomic mass is 9.87. The molecule has 2 unspecified atom stereocenters. The largest absolute Gasteiger partial charge is 0.461 e. The molecule has 1 heterocycles. The number of carbonyl (C=O) groups excluding carboxylic acids is 1. The van der Waals surface area contributed by atoms with E-state index in [0.29, 0.717) is 0 Å². The first-order valence-corrected chi connectivity index (χ1v) is 8.58. The van der Waals surface area contributed by atoms with Gasteiger partial charge >= 0.3 is 5.97 Å². The summed E-state index contributed by atoms with van der Waals surface area (Å²) in [7, 11) is 0. The number of hydrogen-bond donors (Lipinski definition) is 0. The van der Waals surface area contributed by atoms with E-state index in [4.69, 9.17) is 4.74 Å². The second kappa shape index (κ2) is 8.60. The van der Waals surface area contributed by atoms with Crippen LogP contribution in [0.1, 0.15) is 89.9 Å². The molecule has 0 N–H and O–H groups in total. The van der Waals surface area contributed by atoms with Crippen LogP contribution in [0.2, 0.25) is 0 Å². The van der Waals surface area contributed by atoms with Gasteiger partial charge in [0, 0.05) is 0 Å². The fraction of sp³-hybridized carbons (Fsp3) is 0.941. The van der Waals surface area contributed by atoms with Crippen molar-refractivity contribution in [3.8, 4) is 0 Å². The van der Waals surface area contributed by atoms with Crippen molar-refractivity contribution >= 4 is 5.97 Å². The molecular formula is C17H30O2. The first kappa shape index (κ1) is 14.9. The molecule has 0 spiro atoms. The fourth-order valence-corrected chi connectivity index (χ4v) is 3.44. The van der Waals surface area contributed by atoms with Crippen LogP contribution in [0.25, 0.3) is 0 Å². The Bertz CT molecular complexity index is 262. The van der Waals surface area contributed by atoms with Crippen LogP contribution in [-0.2, 0) is 9.53 Å². The van der Waals surface area contributed by atoms with Gasteiger partial charge in [-0.2, -0.15) is 0 Å². The van der Waals surface area contributed by atoms with Gasteiger partial charge in [-0.1, -0.05) is 70.6 Å². The summed E-state index contributed by atoms with van der Waals surface area (Å²) in [5.41, 5.74) is 0. The third-order valence-corrected chi connectivity index (χ3v) is 4.77. The van der Waals surface area contributed by atoms with Gasteiger partial charge in [0.25, 0.3) is 0 Å². The molecule has 1 aliphatic carbocycles. The summed E-state index contributed by atoms with van der Waals surface area (Å²) in [6.45, 7) is 0. The summed E-state index contributed by atoms with van der Waals surface area (Å²) < 4.78 is 5.31. The molecule has 1 saturated heterocycles. The monoisotopic (exact) mass is 266 g/mol. The highest BCUT2D eigenvalue weighted by atomic mass is 16.6. The van der Waals surface area contributed by atoms with Crippen molar-refractivity contribution in [2.75, 3.05) is 0 Å². The molecule has 1 aliphatic heterocycles. The van der Waals surface area contributed by atoms with Crippen molar-refractivity contribution in [1.82, 2.24) is 0 Å². The summed E-state index contributed by atoms with van der Waals surface area (Å²) in [4.78, 5) is 11.5. The lowest BCUT2D eigenvalue weighted by molar-refractivity contribution is -0.186. The van der Waals surface area contributed by atoms with E-state index >= 15 is 0 Å². The van der Waals surface area contributed by atoms with Gasteiger partial charge in [-0.25, -0.2) is 0 Å². The lowest BCUT2D eigenvalue weighted by Crippen LogP contribution is -2.44. The van der Waals surface area contributed by atoms with Crippen LogP contribution in [-0.4, -0.2) is 12.1 Å². The van der Waals surface area contributed by atoms with Gasteiger partial charge in [0.2, 0.25) is 0 Å². The zero-order valence-electron chi connectivity index (χ0n) is 12.4. The van der Waals surface area contributed by atoms with Gasteiger partial charge in [0.1, 0.15) is 6.10 Å². The van der Waals surface area contributed by atoms with E-state index in [-0.39, 0.29) is 18.0 Å². The molecule has 2 fully saturated rings. The Morgan fingerprint density at radius 3 is 1.53 bits per heavy atom. The molecule has 1 saturated carbocycles. The molecule has 2 rings (SSSR count). The van der Waals surface area contributed by atoms with E-state index in [0.717, 1.165) is 12.8 Å². The van der Waals surface area contributed by atoms with Crippen LogP contribution in [0.4, 0.5) is 0 Å². The van der Waals surface area contributed by atoms with Gasteiger partial charge in [-0.05, 0) is 19.3 Å². The van der Waals surface area contributed by atoms with Crippen molar-refractivity contribution in [2.24, 2.45) is 5.92 Å². The average molecular weight is 266 g/mol. The minimum Gasteiger partial charge on any atom is -0.461 e. The van der Waals surface area contributed by atoms with Crippen molar-refractivity contribution in [1.29, 1.82) is 0 Å². The number of esters is 1. The molecule has 110 valence electrons. The number of ether oxygens (including phenoxy) is 1. The molecule has 2 heteroatoms. The first-order chi connectivity index (χ1) is 9.38. The summed E-state index contributed by atoms with van der Waals surface area (Å²) in [5.74, 6) is 0.319. The second-order valence-corrected chi connectivity index (χ2v) is 6.40.